The van der Waals surface area contributed by atoms with Gasteiger partial charge < -0.3 is 4.74 Å². The molecule has 0 aliphatic carbocycles. The zero-order valence-corrected chi connectivity index (χ0v) is 10.4. The van der Waals surface area contributed by atoms with Crippen LogP contribution in [0.15, 0.2) is 16.6 Å². The first-order valence-electron chi connectivity index (χ1n) is 4.59. The average Bonchev–Trinajstić information content (AvgIpc) is 2.21. The predicted molar refractivity (Wildman–Crippen MR) is 61.5 cm³/mol. The topological polar surface area (TPSA) is 69.4 Å². The summed E-state index contributed by atoms with van der Waals surface area (Å²) < 4.78 is 5.33. The third-order valence-corrected chi connectivity index (χ3v) is 2.86. The number of rotatable bonds is 3. The molecule has 0 unspecified atom stereocenters. The Morgan fingerprint density at radius 2 is 2.19 bits per heavy atom. The highest BCUT2D eigenvalue weighted by molar-refractivity contribution is 9.10. The number of carbonyl (C=O) groups excluding carboxylic acids is 1. The van der Waals surface area contributed by atoms with Crippen LogP contribution < -0.4 is 0 Å². The molecular weight excluding hydrogens is 278 g/mol. The Bertz CT molecular complexity index is 445. The van der Waals surface area contributed by atoms with Crippen LogP contribution >= 0.6 is 15.9 Å². The van der Waals surface area contributed by atoms with Crippen LogP contribution in [0.1, 0.15) is 22.8 Å². The fourth-order valence-corrected chi connectivity index (χ4v) is 1.64. The highest BCUT2D eigenvalue weighted by atomic mass is 79.9. The van der Waals surface area contributed by atoms with Gasteiger partial charge in [0.25, 0.3) is 5.69 Å². The maximum atomic E-state index is 11.5. The van der Waals surface area contributed by atoms with Crippen LogP contribution in [-0.2, 0) is 4.74 Å². The summed E-state index contributed by atoms with van der Waals surface area (Å²) in [5.41, 5.74) is 0.701. The minimum atomic E-state index is -0.551. The molecule has 0 saturated carbocycles. The molecule has 5 nitrogen and oxygen atoms in total. The number of halogens is 1. The Balaban J connectivity index is 3.26. The lowest BCUT2D eigenvalue weighted by Crippen LogP contribution is -2.07. The molecule has 1 aromatic rings. The molecule has 0 atom stereocenters. The molecule has 0 fully saturated rings. The van der Waals surface area contributed by atoms with E-state index < -0.39 is 10.9 Å². The maximum Gasteiger partial charge on any atom is 0.338 e. The van der Waals surface area contributed by atoms with E-state index in [1.165, 1.54) is 12.1 Å². The summed E-state index contributed by atoms with van der Waals surface area (Å²) >= 11 is 3.17. The van der Waals surface area contributed by atoms with E-state index in [0.29, 0.717) is 10.0 Å². The molecule has 0 aliphatic rings. The highest BCUT2D eigenvalue weighted by Gasteiger charge is 2.18. The van der Waals surface area contributed by atoms with Gasteiger partial charge in [0.05, 0.1) is 17.1 Å². The summed E-state index contributed by atoms with van der Waals surface area (Å²) in [4.78, 5) is 21.6. The first-order valence-corrected chi connectivity index (χ1v) is 5.38. The van der Waals surface area contributed by atoms with E-state index in [1.807, 2.05) is 0 Å². The minimum Gasteiger partial charge on any atom is -0.462 e. The van der Waals surface area contributed by atoms with E-state index in [2.05, 4.69) is 15.9 Å². The smallest absolute Gasteiger partial charge is 0.338 e. The number of ether oxygens (including phenoxy) is 1. The second kappa shape index (κ2) is 5.07. The highest BCUT2D eigenvalue weighted by Crippen LogP contribution is 2.26. The normalized spacial score (nSPS) is 9.94. The summed E-state index contributed by atoms with van der Waals surface area (Å²) in [7, 11) is 0. The Labute approximate surface area is 101 Å². The Morgan fingerprint density at radius 3 is 2.69 bits per heavy atom. The monoisotopic (exact) mass is 287 g/mol. The molecule has 0 N–H and O–H groups in total. The molecule has 0 aromatic heterocycles. The van der Waals surface area contributed by atoms with Crippen molar-refractivity contribution in [1.82, 2.24) is 0 Å². The maximum absolute atomic E-state index is 11.5. The third-order valence-electron chi connectivity index (χ3n) is 2.04. The molecular formula is C10H10BrNO4. The van der Waals surface area contributed by atoms with Crippen molar-refractivity contribution in [3.05, 3.63) is 37.8 Å². The Morgan fingerprint density at radius 1 is 1.56 bits per heavy atom. The number of nitro groups is 1. The van der Waals surface area contributed by atoms with Crippen molar-refractivity contribution in [3.8, 4) is 0 Å². The van der Waals surface area contributed by atoms with Gasteiger partial charge in [-0.25, -0.2) is 4.79 Å². The molecule has 0 bridgehead atoms. The predicted octanol–water partition coefficient (Wildman–Crippen LogP) is 2.84. The van der Waals surface area contributed by atoms with Gasteiger partial charge in [-0.1, -0.05) is 15.9 Å². The summed E-state index contributed by atoms with van der Waals surface area (Å²) in [6.07, 6.45) is 0. The SMILES string of the molecule is CCOC(=O)c1cc([N+](=O)[O-])cc(Br)c1C. The standard InChI is InChI=1S/C10H10BrNO4/c1-3-16-10(13)8-4-7(12(14)15)5-9(11)6(8)2/h4-5H,3H2,1-2H3. The fourth-order valence-electron chi connectivity index (χ4n) is 1.19. The van der Waals surface area contributed by atoms with Gasteiger partial charge in [-0.05, 0) is 19.4 Å². The van der Waals surface area contributed by atoms with Gasteiger partial charge in [-0.15, -0.1) is 0 Å². The molecule has 0 saturated heterocycles. The first-order chi connectivity index (χ1) is 7.47. The molecule has 0 amide bonds. The number of carbonyl (C=O) groups is 1. The van der Waals surface area contributed by atoms with E-state index in [4.69, 9.17) is 4.74 Å². The van der Waals surface area contributed by atoms with Crippen LogP contribution in [0, 0.1) is 17.0 Å². The molecule has 0 heterocycles. The molecule has 1 aromatic carbocycles. The van der Waals surface area contributed by atoms with Gasteiger partial charge in [0.15, 0.2) is 0 Å². The van der Waals surface area contributed by atoms with Crippen molar-refractivity contribution >= 4 is 27.6 Å². The van der Waals surface area contributed by atoms with Gasteiger partial charge >= 0.3 is 5.97 Å². The molecule has 0 aliphatic heterocycles. The third kappa shape index (κ3) is 2.57. The second-order valence-electron chi connectivity index (χ2n) is 3.08. The van der Waals surface area contributed by atoms with Gasteiger partial charge in [0.1, 0.15) is 0 Å². The second-order valence-corrected chi connectivity index (χ2v) is 3.93. The summed E-state index contributed by atoms with van der Waals surface area (Å²) in [6, 6.07) is 2.58. The molecule has 0 spiro atoms. The molecule has 6 heteroatoms. The lowest BCUT2D eigenvalue weighted by atomic mass is 10.1. The molecule has 0 radical (unpaired) electrons. The van der Waals surface area contributed by atoms with Gasteiger partial charge in [-0.2, -0.15) is 0 Å². The number of hydrogen-bond donors (Lipinski definition) is 0. The summed E-state index contributed by atoms with van der Waals surface area (Å²) in [6.45, 7) is 3.61. The Hall–Kier alpha value is -1.43. The zero-order valence-electron chi connectivity index (χ0n) is 8.82. The van der Waals surface area contributed by atoms with Crippen molar-refractivity contribution in [2.75, 3.05) is 6.61 Å². The Kier molecular flexibility index (Phi) is 4.00. The van der Waals surface area contributed by atoms with Crippen molar-refractivity contribution in [1.29, 1.82) is 0 Å². The average molecular weight is 288 g/mol. The van der Waals surface area contributed by atoms with Crippen LogP contribution in [0.25, 0.3) is 0 Å². The van der Waals surface area contributed by atoms with Crippen LogP contribution in [0.4, 0.5) is 5.69 Å². The number of benzene rings is 1. The lowest BCUT2D eigenvalue weighted by molar-refractivity contribution is -0.385. The van der Waals surface area contributed by atoms with Gasteiger partial charge in [0, 0.05) is 16.6 Å². The van der Waals surface area contributed by atoms with Crippen molar-refractivity contribution in [3.63, 3.8) is 0 Å². The van der Waals surface area contributed by atoms with E-state index >= 15 is 0 Å². The molecule has 16 heavy (non-hydrogen) atoms. The number of esters is 1. The number of hydrogen-bond acceptors (Lipinski definition) is 4. The zero-order chi connectivity index (χ0) is 12.3. The molecule has 86 valence electrons. The number of non-ortho nitro benzene ring substituents is 1. The van der Waals surface area contributed by atoms with Crippen LogP contribution in [0.3, 0.4) is 0 Å². The van der Waals surface area contributed by atoms with Crippen molar-refractivity contribution < 1.29 is 14.5 Å². The van der Waals surface area contributed by atoms with E-state index in [9.17, 15) is 14.9 Å². The summed E-state index contributed by atoms with van der Waals surface area (Å²) in [5, 5.41) is 10.6. The van der Waals surface area contributed by atoms with Gasteiger partial charge in [-0.3, -0.25) is 10.1 Å². The van der Waals surface area contributed by atoms with Gasteiger partial charge in [0.2, 0.25) is 0 Å². The van der Waals surface area contributed by atoms with Crippen LogP contribution in [-0.4, -0.2) is 17.5 Å². The van der Waals surface area contributed by atoms with Crippen molar-refractivity contribution in [2.45, 2.75) is 13.8 Å². The lowest BCUT2D eigenvalue weighted by Gasteiger charge is -2.06. The van der Waals surface area contributed by atoms with E-state index in [-0.39, 0.29) is 17.9 Å². The fraction of sp³-hybridized carbons (Fsp3) is 0.300. The number of nitrogens with zero attached hydrogens (tertiary/aromatic N) is 1. The quantitative estimate of drug-likeness (QED) is 0.487. The first kappa shape index (κ1) is 12.6. The van der Waals surface area contributed by atoms with E-state index in [0.717, 1.165) is 0 Å². The van der Waals surface area contributed by atoms with Crippen molar-refractivity contribution in [2.24, 2.45) is 0 Å². The summed E-state index contributed by atoms with van der Waals surface area (Å²) in [5.74, 6) is -0.551. The van der Waals surface area contributed by atoms with E-state index in [1.54, 1.807) is 13.8 Å². The van der Waals surface area contributed by atoms with Crippen LogP contribution in [0.2, 0.25) is 0 Å². The van der Waals surface area contributed by atoms with Crippen LogP contribution in [0.5, 0.6) is 0 Å². The molecule has 1 rings (SSSR count). The minimum absolute atomic E-state index is 0.138. The number of nitro benzene ring substituents is 1. The largest absolute Gasteiger partial charge is 0.462 e.